The zero-order valence-corrected chi connectivity index (χ0v) is 8.85. The van der Waals surface area contributed by atoms with Gasteiger partial charge in [-0.1, -0.05) is 24.1 Å². The number of hydrogen-bond donors (Lipinski definition) is 0. The van der Waals surface area contributed by atoms with Crippen LogP contribution in [0, 0.1) is 17.7 Å². The summed E-state index contributed by atoms with van der Waals surface area (Å²) in [6.45, 7) is 0. The molecule has 2 nitrogen and oxygen atoms in total. The topological polar surface area (TPSA) is 30.0 Å². The Kier molecular flexibility index (Phi) is 3.27. The minimum atomic E-state index is -0.369. The first-order valence-corrected chi connectivity index (χ1v) is 4.98. The van der Waals surface area contributed by atoms with Crippen molar-refractivity contribution in [3.8, 4) is 11.8 Å². The fourth-order valence-corrected chi connectivity index (χ4v) is 1.28. The maximum atomic E-state index is 13.3. The van der Waals surface area contributed by atoms with Crippen LogP contribution in [0.25, 0.3) is 0 Å². The second-order valence-corrected chi connectivity index (χ2v) is 3.30. The number of aromatic nitrogens is 1. The number of halogens is 1. The van der Waals surface area contributed by atoms with Gasteiger partial charge in [0.25, 0.3) is 0 Å². The number of benzene rings is 1. The van der Waals surface area contributed by atoms with Gasteiger partial charge in [-0.2, -0.15) is 0 Å². The van der Waals surface area contributed by atoms with Crippen LogP contribution in [0.2, 0.25) is 0 Å². The molecule has 2 rings (SSSR count). The van der Waals surface area contributed by atoms with Crippen LogP contribution >= 0.6 is 0 Å². The number of aldehydes is 1. The number of rotatable bonds is 1. The molecule has 0 aliphatic heterocycles. The van der Waals surface area contributed by atoms with Gasteiger partial charge in [-0.05, 0) is 30.2 Å². The summed E-state index contributed by atoms with van der Waals surface area (Å²) < 4.78 is 13.3. The van der Waals surface area contributed by atoms with Gasteiger partial charge in [0, 0.05) is 0 Å². The molecule has 0 aliphatic rings. The molecule has 0 unspecified atom stereocenters. The van der Waals surface area contributed by atoms with Gasteiger partial charge < -0.3 is 0 Å². The van der Waals surface area contributed by atoms with Crippen molar-refractivity contribution in [3.63, 3.8) is 0 Å². The van der Waals surface area contributed by atoms with Crippen molar-refractivity contribution >= 4 is 6.29 Å². The van der Waals surface area contributed by atoms with E-state index in [0.29, 0.717) is 23.2 Å². The summed E-state index contributed by atoms with van der Waals surface area (Å²) >= 11 is 0. The van der Waals surface area contributed by atoms with E-state index in [1.54, 1.807) is 36.4 Å². The summed E-state index contributed by atoms with van der Waals surface area (Å²) in [5.74, 6) is 5.02. The molecule has 0 fully saturated rings. The van der Waals surface area contributed by atoms with E-state index >= 15 is 0 Å². The molecule has 2 aromatic rings. The van der Waals surface area contributed by atoms with E-state index in [4.69, 9.17) is 0 Å². The molecule has 82 valence electrons. The minimum absolute atomic E-state index is 0.310. The van der Waals surface area contributed by atoms with Gasteiger partial charge in [-0.25, -0.2) is 9.37 Å². The Balaban J connectivity index is 2.33. The molecule has 0 atom stereocenters. The Morgan fingerprint density at radius 1 is 1.06 bits per heavy atom. The third kappa shape index (κ3) is 2.76. The maximum Gasteiger partial charge on any atom is 0.168 e. The van der Waals surface area contributed by atoms with Crippen molar-refractivity contribution in [2.75, 3.05) is 0 Å². The standard InChI is InChI=1S/C14H8FNO/c15-14-7-2-1-4-11(14)8-9-12-5-3-6-13(10-17)16-12/h1-7,10H. The quantitative estimate of drug-likeness (QED) is 0.551. The van der Waals surface area contributed by atoms with Crippen molar-refractivity contribution in [1.29, 1.82) is 0 Å². The second-order valence-electron chi connectivity index (χ2n) is 3.30. The van der Waals surface area contributed by atoms with Gasteiger partial charge in [0.1, 0.15) is 17.2 Å². The van der Waals surface area contributed by atoms with Crippen LogP contribution in [0.15, 0.2) is 42.5 Å². The number of hydrogen-bond acceptors (Lipinski definition) is 2. The SMILES string of the molecule is O=Cc1cccc(C#Cc2ccccc2F)n1. The molecule has 17 heavy (non-hydrogen) atoms. The molecule has 0 aliphatic carbocycles. The van der Waals surface area contributed by atoms with Crippen LogP contribution in [0.5, 0.6) is 0 Å². The van der Waals surface area contributed by atoms with Gasteiger partial charge in [-0.3, -0.25) is 4.79 Å². The van der Waals surface area contributed by atoms with E-state index in [2.05, 4.69) is 16.8 Å². The van der Waals surface area contributed by atoms with Crippen LogP contribution in [0.3, 0.4) is 0 Å². The second kappa shape index (κ2) is 5.04. The smallest absolute Gasteiger partial charge is 0.168 e. The maximum absolute atomic E-state index is 13.3. The van der Waals surface area contributed by atoms with Gasteiger partial charge >= 0.3 is 0 Å². The van der Waals surface area contributed by atoms with Crippen molar-refractivity contribution in [3.05, 3.63) is 65.2 Å². The summed E-state index contributed by atoms with van der Waals surface area (Å²) in [4.78, 5) is 14.5. The molecule has 0 radical (unpaired) electrons. The largest absolute Gasteiger partial charge is 0.296 e. The number of carbonyl (C=O) groups is 1. The Bertz CT molecular complexity index is 611. The zero-order chi connectivity index (χ0) is 12.1. The van der Waals surface area contributed by atoms with Crippen LogP contribution in [-0.2, 0) is 0 Å². The van der Waals surface area contributed by atoms with E-state index in [1.165, 1.54) is 6.07 Å². The number of carbonyl (C=O) groups excluding carboxylic acids is 1. The normalized spacial score (nSPS) is 9.24. The highest BCUT2D eigenvalue weighted by Crippen LogP contribution is 2.04. The molecule has 0 saturated heterocycles. The van der Waals surface area contributed by atoms with E-state index < -0.39 is 0 Å². The van der Waals surface area contributed by atoms with Gasteiger partial charge in [0.15, 0.2) is 6.29 Å². The first-order valence-electron chi connectivity index (χ1n) is 4.98. The Morgan fingerprint density at radius 2 is 1.88 bits per heavy atom. The molecule has 0 N–H and O–H groups in total. The predicted molar refractivity (Wildman–Crippen MR) is 62.0 cm³/mol. The number of pyridine rings is 1. The van der Waals surface area contributed by atoms with E-state index in [1.807, 2.05) is 0 Å². The molecule has 3 heteroatoms. The summed E-state index contributed by atoms with van der Waals surface area (Å²) in [5.41, 5.74) is 1.06. The summed E-state index contributed by atoms with van der Waals surface area (Å²) in [6, 6.07) is 11.2. The molecule has 1 aromatic carbocycles. The van der Waals surface area contributed by atoms with Gasteiger partial charge in [0.05, 0.1) is 5.56 Å². The summed E-state index contributed by atoms with van der Waals surface area (Å²) in [6.07, 6.45) is 0.647. The Labute approximate surface area is 98.1 Å². The van der Waals surface area contributed by atoms with Crippen molar-refractivity contribution in [1.82, 2.24) is 4.98 Å². The lowest BCUT2D eigenvalue weighted by Crippen LogP contribution is -1.89. The fourth-order valence-electron chi connectivity index (χ4n) is 1.28. The summed E-state index contributed by atoms with van der Waals surface area (Å²) in [5, 5.41) is 0. The molecule has 0 spiro atoms. The molecule has 1 heterocycles. The van der Waals surface area contributed by atoms with Crippen molar-refractivity contribution in [2.24, 2.45) is 0 Å². The van der Waals surface area contributed by atoms with E-state index in [9.17, 15) is 9.18 Å². The molecule has 0 saturated carbocycles. The highest BCUT2D eigenvalue weighted by molar-refractivity contribution is 5.71. The van der Waals surface area contributed by atoms with Crippen LogP contribution in [0.4, 0.5) is 4.39 Å². The molecule has 1 aromatic heterocycles. The van der Waals surface area contributed by atoms with Gasteiger partial charge in [-0.15, -0.1) is 0 Å². The first-order chi connectivity index (χ1) is 8.29. The molecular formula is C14H8FNO. The lowest BCUT2D eigenvalue weighted by molar-refractivity contribution is 0.111. The third-order valence-corrected chi connectivity index (χ3v) is 2.09. The number of nitrogens with zero attached hydrogens (tertiary/aromatic N) is 1. The van der Waals surface area contributed by atoms with E-state index in [0.717, 1.165) is 0 Å². The highest BCUT2D eigenvalue weighted by atomic mass is 19.1. The van der Waals surface area contributed by atoms with Crippen LogP contribution in [-0.4, -0.2) is 11.3 Å². The monoisotopic (exact) mass is 225 g/mol. The van der Waals surface area contributed by atoms with Crippen LogP contribution in [0.1, 0.15) is 21.7 Å². The lowest BCUT2D eigenvalue weighted by Gasteiger charge is -1.92. The molecule has 0 amide bonds. The Morgan fingerprint density at radius 3 is 2.65 bits per heavy atom. The van der Waals surface area contributed by atoms with Crippen molar-refractivity contribution < 1.29 is 9.18 Å². The average molecular weight is 225 g/mol. The van der Waals surface area contributed by atoms with E-state index in [-0.39, 0.29) is 5.82 Å². The fraction of sp³-hybridized carbons (Fsp3) is 0. The van der Waals surface area contributed by atoms with Crippen molar-refractivity contribution in [2.45, 2.75) is 0 Å². The first kappa shape index (κ1) is 11.0. The Hall–Kier alpha value is -2.47. The minimum Gasteiger partial charge on any atom is -0.296 e. The average Bonchev–Trinajstić information content (AvgIpc) is 2.38. The van der Waals surface area contributed by atoms with Crippen LogP contribution < -0.4 is 0 Å². The predicted octanol–water partition coefficient (Wildman–Crippen LogP) is 2.43. The molecular weight excluding hydrogens is 217 g/mol. The summed E-state index contributed by atoms with van der Waals surface area (Å²) in [7, 11) is 0. The van der Waals surface area contributed by atoms with Gasteiger partial charge in [0.2, 0.25) is 0 Å². The lowest BCUT2D eigenvalue weighted by atomic mass is 10.2. The molecule has 0 bridgehead atoms. The third-order valence-electron chi connectivity index (χ3n) is 2.09. The highest BCUT2D eigenvalue weighted by Gasteiger charge is 1.96. The zero-order valence-electron chi connectivity index (χ0n) is 8.85.